The summed E-state index contributed by atoms with van der Waals surface area (Å²) in [6, 6.07) is 0. The molecule has 0 heterocycles. The van der Waals surface area contributed by atoms with Crippen molar-refractivity contribution in [3.8, 4) is 0 Å². The molecule has 21 heavy (non-hydrogen) atoms. The number of allylic oxidation sites excluding steroid dienone is 3. The summed E-state index contributed by atoms with van der Waals surface area (Å²) >= 11 is 0. The van der Waals surface area contributed by atoms with Crippen LogP contribution in [-0.4, -0.2) is 5.78 Å². The Labute approximate surface area is 128 Å². The molecule has 0 aromatic carbocycles. The minimum absolute atomic E-state index is 0.0197. The molecule has 3 saturated carbocycles. The van der Waals surface area contributed by atoms with E-state index >= 15 is 0 Å². The third-order valence-corrected chi connectivity index (χ3v) is 7.37. The van der Waals surface area contributed by atoms with E-state index in [4.69, 9.17) is 0 Å². The number of ketones is 1. The summed E-state index contributed by atoms with van der Waals surface area (Å²) in [6.45, 7) is 6.73. The summed E-state index contributed by atoms with van der Waals surface area (Å²) in [7, 11) is 0. The molecule has 0 aliphatic heterocycles. The lowest BCUT2D eigenvalue weighted by atomic mass is 9.50. The molecule has 5 atom stereocenters. The highest BCUT2D eigenvalue weighted by Crippen LogP contribution is 2.63. The summed E-state index contributed by atoms with van der Waals surface area (Å²) < 4.78 is 0. The fraction of sp³-hybridized carbons (Fsp3) is 0.750. The van der Waals surface area contributed by atoms with Crippen LogP contribution in [0, 0.1) is 29.1 Å². The molecular weight excluding hydrogens is 256 g/mol. The fourth-order valence-corrected chi connectivity index (χ4v) is 6.49. The normalized spacial score (nSPS) is 45.7. The first-order valence-electron chi connectivity index (χ1n) is 9.07. The minimum atomic E-state index is -0.0197. The highest BCUT2D eigenvalue weighted by molar-refractivity contribution is 5.88. The summed E-state index contributed by atoms with van der Waals surface area (Å²) in [6.07, 6.45) is 13.2. The van der Waals surface area contributed by atoms with Crippen molar-refractivity contribution in [3.05, 3.63) is 23.8 Å². The van der Waals surface area contributed by atoms with E-state index in [1.165, 1.54) is 37.7 Å². The van der Waals surface area contributed by atoms with Gasteiger partial charge in [0, 0.05) is 11.8 Å². The van der Waals surface area contributed by atoms with Gasteiger partial charge < -0.3 is 0 Å². The van der Waals surface area contributed by atoms with Crippen LogP contribution in [0.2, 0.25) is 0 Å². The highest BCUT2D eigenvalue weighted by atomic mass is 16.1. The Morgan fingerprint density at radius 1 is 1.29 bits per heavy atom. The second kappa shape index (κ2) is 4.83. The van der Waals surface area contributed by atoms with Crippen LogP contribution >= 0.6 is 0 Å². The summed E-state index contributed by atoms with van der Waals surface area (Å²) in [5, 5.41) is 0. The lowest BCUT2D eigenvalue weighted by Crippen LogP contribution is -2.48. The molecule has 4 aliphatic carbocycles. The van der Waals surface area contributed by atoms with E-state index in [0.29, 0.717) is 17.6 Å². The maximum absolute atomic E-state index is 12.6. The molecule has 0 bridgehead atoms. The minimum Gasteiger partial charge on any atom is -0.299 e. The number of carbonyl (C=O) groups is 1. The van der Waals surface area contributed by atoms with Gasteiger partial charge in [-0.25, -0.2) is 0 Å². The van der Waals surface area contributed by atoms with Crippen molar-refractivity contribution in [2.24, 2.45) is 29.1 Å². The summed E-state index contributed by atoms with van der Waals surface area (Å²) in [5.74, 6) is 3.43. The van der Waals surface area contributed by atoms with Crippen LogP contribution in [0.1, 0.15) is 64.7 Å². The van der Waals surface area contributed by atoms with E-state index in [-0.39, 0.29) is 5.41 Å². The maximum Gasteiger partial charge on any atom is 0.139 e. The van der Waals surface area contributed by atoms with Gasteiger partial charge in [0.05, 0.1) is 0 Å². The highest BCUT2D eigenvalue weighted by Gasteiger charge is 2.58. The smallest absolute Gasteiger partial charge is 0.139 e. The molecule has 114 valence electrons. The Bertz CT molecular complexity index is 514. The number of hydrogen-bond donors (Lipinski definition) is 0. The lowest BCUT2D eigenvalue weighted by molar-refractivity contribution is -0.130. The first kappa shape index (κ1) is 13.8. The van der Waals surface area contributed by atoms with Gasteiger partial charge in [-0.05, 0) is 75.0 Å². The van der Waals surface area contributed by atoms with Crippen molar-refractivity contribution >= 4 is 5.78 Å². The number of Topliss-reactive ketones (excluding diaryl/α,β-unsaturated/α-hetero) is 1. The van der Waals surface area contributed by atoms with Crippen molar-refractivity contribution in [1.82, 2.24) is 0 Å². The quantitative estimate of drug-likeness (QED) is 0.614. The van der Waals surface area contributed by atoms with Crippen molar-refractivity contribution in [3.63, 3.8) is 0 Å². The van der Waals surface area contributed by atoms with E-state index in [1.807, 2.05) is 0 Å². The molecule has 0 aromatic rings. The number of carbonyl (C=O) groups excluding carboxylic acids is 1. The van der Waals surface area contributed by atoms with E-state index in [1.54, 1.807) is 5.57 Å². The van der Waals surface area contributed by atoms with Gasteiger partial charge in [0.15, 0.2) is 0 Å². The van der Waals surface area contributed by atoms with E-state index < -0.39 is 0 Å². The zero-order valence-electron chi connectivity index (χ0n) is 13.4. The van der Waals surface area contributed by atoms with Crippen LogP contribution in [0.15, 0.2) is 23.8 Å². The van der Waals surface area contributed by atoms with Gasteiger partial charge in [-0.2, -0.15) is 0 Å². The Hall–Kier alpha value is -0.850. The second-order valence-corrected chi connectivity index (χ2v) is 7.96. The largest absolute Gasteiger partial charge is 0.299 e. The Balaban J connectivity index is 1.72. The monoisotopic (exact) mass is 284 g/mol. The summed E-state index contributed by atoms with van der Waals surface area (Å²) in [4.78, 5) is 12.6. The maximum atomic E-state index is 12.6. The fourth-order valence-electron chi connectivity index (χ4n) is 6.49. The number of hydrogen-bond acceptors (Lipinski definition) is 1. The summed E-state index contributed by atoms with van der Waals surface area (Å²) in [5.41, 5.74) is 3.14. The Kier molecular flexibility index (Phi) is 3.17. The van der Waals surface area contributed by atoms with Gasteiger partial charge in [0.1, 0.15) is 5.78 Å². The van der Waals surface area contributed by atoms with Gasteiger partial charge in [0.2, 0.25) is 0 Å². The molecule has 4 rings (SSSR count). The number of fused-ring (bicyclic) bond motifs is 5. The molecule has 1 heteroatoms. The third-order valence-electron chi connectivity index (χ3n) is 7.37. The van der Waals surface area contributed by atoms with Crippen molar-refractivity contribution in [2.75, 3.05) is 0 Å². The molecule has 0 amide bonds. The Morgan fingerprint density at radius 2 is 2.14 bits per heavy atom. The molecular formula is C20H28O. The van der Waals surface area contributed by atoms with Gasteiger partial charge in [-0.15, -0.1) is 0 Å². The Morgan fingerprint density at radius 3 is 2.95 bits per heavy atom. The molecule has 4 aliphatic rings. The van der Waals surface area contributed by atoms with Gasteiger partial charge >= 0.3 is 0 Å². The van der Waals surface area contributed by atoms with Crippen LogP contribution in [0.3, 0.4) is 0 Å². The zero-order chi connectivity index (χ0) is 14.6. The van der Waals surface area contributed by atoms with Crippen LogP contribution in [0.4, 0.5) is 0 Å². The zero-order valence-corrected chi connectivity index (χ0v) is 13.4. The number of rotatable bonds is 1. The van der Waals surface area contributed by atoms with Gasteiger partial charge in [-0.1, -0.05) is 30.7 Å². The molecule has 3 fully saturated rings. The molecule has 0 N–H and O–H groups in total. The van der Waals surface area contributed by atoms with Crippen LogP contribution in [0.5, 0.6) is 0 Å². The molecule has 0 aromatic heterocycles. The van der Waals surface area contributed by atoms with Crippen LogP contribution < -0.4 is 0 Å². The van der Waals surface area contributed by atoms with Crippen molar-refractivity contribution < 1.29 is 4.79 Å². The van der Waals surface area contributed by atoms with Crippen molar-refractivity contribution in [2.45, 2.75) is 64.7 Å². The van der Waals surface area contributed by atoms with E-state index in [2.05, 4.69) is 19.6 Å². The van der Waals surface area contributed by atoms with Crippen LogP contribution in [0.25, 0.3) is 0 Å². The average Bonchev–Trinajstić information content (AvgIpc) is 2.84. The molecule has 1 nitrogen and oxygen atoms in total. The average molecular weight is 284 g/mol. The predicted molar refractivity (Wildman–Crippen MR) is 85.9 cm³/mol. The van der Waals surface area contributed by atoms with E-state index in [9.17, 15) is 4.79 Å². The van der Waals surface area contributed by atoms with Gasteiger partial charge in [-0.3, -0.25) is 4.79 Å². The first-order valence-corrected chi connectivity index (χ1v) is 9.07. The molecule has 0 spiro atoms. The first-order chi connectivity index (χ1) is 10.2. The predicted octanol–water partition coefficient (Wildman–Crippen LogP) is 5.07. The lowest BCUT2D eigenvalue weighted by Gasteiger charge is -2.54. The van der Waals surface area contributed by atoms with E-state index in [0.717, 1.165) is 37.5 Å². The van der Waals surface area contributed by atoms with Gasteiger partial charge in [0.25, 0.3) is 0 Å². The molecule has 0 saturated heterocycles. The third kappa shape index (κ3) is 1.79. The molecule has 0 radical (unpaired) electrons. The van der Waals surface area contributed by atoms with Crippen molar-refractivity contribution in [1.29, 1.82) is 0 Å². The topological polar surface area (TPSA) is 17.1 Å². The molecule has 1 unspecified atom stereocenters. The second-order valence-electron chi connectivity index (χ2n) is 7.96. The SMILES string of the molecule is C=C1C[C@]2(CC)C(=O)CC[C@H]2[C@@H]2CCC3=CCCCC3[C@@H]12. The van der Waals surface area contributed by atoms with Crippen LogP contribution in [-0.2, 0) is 4.79 Å². The standard InChI is InChI=1S/C20H28O/c1-3-20-12-13(2)19-15-7-5-4-6-14(15)8-9-16(19)17(20)10-11-18(20)21/h6,15-17,19H,2-5,7-12H2,1H3/t15?,16-,17-,19+,20-/m0/s1.